The van der Waals surface area contributed by atoms with Crippen LogP contribution in [0.15, 0.2) is 59.7 Å². The molecule has 0 spiro atoms. The average molecular weight is 265 g/mol. The highest BCUT2D eigenvalue weighted by Gasteiger charge is 2.12. The summed E-state index contributed by atoms with van der Waals surface area (Å²) in [6, 6.07) is 17.2. The number of nitrogens with zero attached hydrogens (tertiary/aromatic N) is 2. The third kappa shape index (κ3) is 3.21. The number of carboxylic acid groups (broad SMARTS) is 1. The summed E-state index contributed by atoms with van der Waals surface area (Å²) in [6.45, 7) is 0. The molecule has 0 amide bonds. The summed E-state index contributed by atoms with van der Waals surface area (Å²) in [5.41, 5.74) is 4.17. The predicted molar refractivity (Wildman–Crippen MR) is 75.4 cm³/mol. The molecule has 0 aliphatic rings. The normalized spacial score (nSPS) is 10.7. The minimum absolute atomic E-state index is 0.113. The van der Waals surface area contributed by atoms with E-state index in [1.165, 1.54) is 0 Å². The molecule has 0 saturated heterocycles. The minimum Gasteiger partial charge on any atom is -0.476 e. The van der Waals surface area contributed by atoms with Crippen LogP contribution < -0.4 is 5.43 Å². The molecule has 5 nitrogen and oxygen atoms in total. The van der Waals surface area contributed by atoms with E-state index < -0.39 is 5.97 Å². The first-order valence-corrected chi connectivity index (χ1v) is 5.83. The van der Waals surface area contributed by atoms with Crippen molar-refractivity contribution in [3.8, 4) is 6.07 Å². The van der Waals surface area contributed by atoms with Crippen LogP contribution in [0.4, 0.5) is 5.69 Å². The van der Waals surface area contributed by atoms with Gasteiger partial charge in [0.05, 0.1) is 17.3 Å². The van der Waals surface area contributed by atoms with Gasteiger partial charge in [-0.1, -0.05) is 30.3 Å². The Morgan fingerprint density at radius 3 is 2.30 bits per heavy atom. The maximum Gasteiger partial charge on any atom is 0.356 e. The first-order valence-electron chi connectivity index (χ1n) is 5.83. The van der Waals surface area contributed by atoms with Gasteiger partial charge >= 0.3 is 5.97 Å². The molecule has 0 bridgehead atoms. The number of anilines is 1. The minimum atomic E-state index is -1.14. The Morgan fingerprint density at radius 1 is 1.10 bits per heavy atom. The quantitative estimate of drug-likeness (QED) is 0.656. The molecule has 0 heterocycles. The van der Waals surface area contributed by atoms with Crippen molar-refractivity contribution in [1.29, 1.82) is 5.26 Å². The van der Waals surface area contributed by atoms with Crippen molar-refractivity contribution in [1.82, 2.24) is 0 Å². The van der Waals surface area contributed by atoms with E-state index in [9.17, 15) is 9.90 Å². The number of hydrogen-bond acceptors (Lipinski definition) is 4. The summed E-state index contributed by atoms with van der Waals surface area (Å²) < 4.78 is 0. The van der Waals surface area contributed by atoms with E-state index in [4.69, 9.17) is 5.26 Å². The summed E-state index contributed by atoms with van der Waals surface area (Å²) in [5.74, 6) is -1.14. The van der Waals surface area contributed by atoms with Crippen molar-refractivity contribution in [3.05, 3.63) is 65.7 Å². The van der Waals surface area contributed by atoms with Gasteiger partial charge in [0.25, 0.3) is 0 Å². The zero-order valence-corrected chi connectivity index (χ0v) is 10.4. The highest BCUT2D eigenvalue weighted by molar-refractivity contribution is 6.42. The molecule has 2 aromatic carbocycles. The molecule has 0 saturated carbocycles. The molecule has 0 radical (unpaired) electrons. The lowest BCUT2D eigenvalue weighted by molar-refractivity contribution is -0.129. The molecule has 0 unspecified atom stereocenters. The number of rotatable bonds is 4. The predicted octanol–water partition coefficient (Wildman–Crippen LogP) is 2.46. The smallest absolute Gasteiger partial charge is 0.356 e. The van der Waals surface area contributed by atoms with Gasteiger partial charge in [-0.15, -0.1) is 0 Å². The summed E-state index contributed by atoms with van der Waals surface area (Å²) >= 11 is 0. The number of para-hydroxylation sites is 1. The van der Waals surface area contributed by atoms with E-state index in [2.05, 4.69) is 10.5 Å². The van der Waals surface area contributed by atoms with Gasteiger partial charge in [-0.3, -0.25) is 5.43 Å². The number of carbonyl (C=O) groups is 1. The molecule has 98 valence electrons. The molecule has 0 fully saturated rings. The van der Waals surface area contributed by atoms with Gasteiger partial charge in [0.2, 0.25) is 0 Å². The van der Waals surface area contributed by atoms with Crippen LogP contribution in [0.3, 0.4) is 0 Å². The number of nitrogens with one attached hydrogen (secondary N) is 1. The lowest BCUT2D eigenvalue weighted by atomic mass is 10.1. The van der Waals surface area contributed by atoms with Crippen LogP contribution in [0, 0.1) is 11.3 Å². The lowest BCUT2D eigenvalue weighted by Crippen LogP contribution is -2.16. The van der Waals surface area contributed by atoms with Gasteiger partial charge < -0.3 is 5.11 Å². The Bertz CT molecular complexity index is 671. The second-order valence-electron chi connectivity index (χ2n) is 3.93. The maximum atomic E-state index is 11.2. The Kier molecular flexibility index (Phi) is 4.10. The van der Waals surface area contributed by atoms with Gasteiger partial charge in [-0.25, -0.2) is 4.79 Å². The van der Waals surface area contributed by atoms with Crippen LogP contribution >= 0.6 is 0 Å². The van der Waals surface area contributed by atoms with Crippen LogP contribution in [0.5, 0.6) is 0 Å². The van der Waals surface area contributed by atoms with Crippen molar-refractivity contribution in [3.63, 3.8) is 0 Å². The number of nitriles is 1. The van der Waals surface area contributed by atoms with Gasteiger partial charge in [-0.2, -0.15) is 10.4 Å². The Hall–Kier alpha value is -3.13. The zero-order valence-electron chi connectivity index (χ0n) is 10.4. The SMILES string of the molecule is N#Cc1ccc(/C(=N\Nc2ccccc2)C(=O)O)cc1. The molecule has 2 rings (SSSR count). The van der Waals surface area contributed by atoms with Gasteiger partial charge in [0.1, 0.15) is 0 Å². The standard InChI is InChI=1S/C15H11N3O2/c16-10-11-6-8-12(9-7-11)14(15(19)20)18-17-13-4-2-1-3-5-13/h1-9,17H,(H,19,20)/b18-14+. The van der Waals surface area contributed by atoms with Crippen molar-refractivity contribution in [2.75, 3.05) is 5.43 Å². The van der Waals surface area contributed by atoms with Crippen molar-refractivity contribution >= 4 is 17.4 Å². The summed E-state index contributed by atoms with van der Waals surface area (Å²) in [6.07, 6.45) is 0. The monoisotopic (exact) mass is 265 g/mol. The van der Waals surface area contributed by atoms with Crippen LogP contribution in [0.25, 0.3) is 0 Å². The van der Waals surface area contributed by atoms with Crippen molar-refractivity contribution in [2.24, 2.45) is 5.10 Å². The van der Waals surface area contributed by atoms with Gasteiger partial charge in [0, 0.05) is 5.56 Å². The van der Waals surface area contributed by atoms with Crippen LogP contribution in [-0.2, 0) is 4.79 Å². The molecule has 0 atom stereocenters. The molecule has 2 N–H and O–H groups in total. The molecule has 20 heavy (non-hydrogen) atoms. The van der Waals surface area contributed by atoms with Crippen molar-refractivity contribution < 1.29 is 9.90 Å². The molecule has 0 aliphatic heterocycles. The second kappa shape index (κ2) is 6.16. The number of carboxylic acids is 1. The fraction of sp³-hybridized carbons (Fsp3) is 0. The highest BCUT2D eigenvalue weighted by atomic mass is 16.4. The van der Waals surface area contributed by atoms with E-state index >= 15 is 0 Å². The first-order chi connectivity index (χ1) is 9.70. The summed E-state index contributed by atoms with van der Waals surface area (Å²) in [4.78, 5) is 11.2. The third-order valence-electron chi connectivity index (χ3n) is 2.56. The van der Waals surface area contributed by atoms with E-state index in [1.807, 2.05) is 24.3 Å². The van der Waals surface area contributed by atoms with Gasteiger partial charge in [-0.05, 0) is 24.3 Å². The summed E-state index contributed by atoms with van der Waals surface area (Å²) in [7, 11) is 0. The van der Waals surface area contributed by atoms with Crippen LogP contribution in [0.1, 0.15) is 11.1 Å². The topological polar surface area (TPSA) is 85.5 Å². The molecule has 0 aromatic heterocycles. The molecule has 5 heteroatoms. The van der Waals surface area contributed by atoms with E-state index in [0.717, 1.165) is 0 Å². The van der Waals surface area contributed by atoms with Crippen LogP contribution in [0.2, 0.25) is 0 Å². The van der Waals surface area contributed by atoms with E-state index in [1.54, 1.807) is 36.4 Å². The van der Waals surface area contributed by atoms with Gasteiger partial charge in [0.15, 0.2) is 5.71 Å². The zero-order chi connectivity index (χ0) is 14.4. The van der Waals surface area contributed by atoms with Crippen LogP contribution in [-0.4, -0.2) is 16.8 Å². The lowest BCUT2D eigenvalue weighted by Gasteiger charge is -2.04. The molecular formula is C15H11N3O2. The average Bonchev–Trinajstić information content (AvgIpc) is 2.49. The Morgan fingerprint density at radius 2 is 1.75 bits per heavy atom. The molecule has 0 aliphatic carbocycles. The largest absolute Gasteiger partial charge is 0.476 e. The third-order valence-corrected chi connectivity index (χ3v) is 2.56. The Balaban J connectivity index is 2.26. The van der Waals surface area contributed by atoms with E-state index in [-0.39, 0.29) is 5.71 Å². The fourth-order valence-corrected chi connectivity index (χ4v) is 1.57. The number of aliphatic carboxylic acids is 1. The number of hydrazone groups is 1. The number of hydrogen-bond donors (Lipinski definition) is 2. The number of benzene rings is 2. The van der Waals surface area contributed by atoms with E-state index in [0.29, 0.717) is 16.8 Å². The van der Waals surface area contributed by atoms with Crippen molar-refractivity contribution in [2.45, 2.75) is 0 Å². The summed E-state index contributed by atoms with van der Waals surface area (Å²) in [5, 5.41) is 21.8. The fourth-order valence-electron chi connectivity index (χ4n) is 1.57. The molecule has 2 aromatic rings. The molecular weight excluding hydrogens is 254 g/mol. The first kappa shape index (κ1) is 13.3. The second-order valence-corrected chi connectivity index (χ2v) is 3.93. The highest BCUT2D eigenvalue weighted by Crippen LogP contribution is 2.08. The maximum absolute atomic E-state index is 11.2. The Labute approximate surface area is 115 Å².